The SMILES string of the molecule is c1ccc(-c2ccc(N3B4c5cccc6c5N(c5ccccc5S6)c5cc6oc7ccccc7c6c(c54)-c4cc5ccccc5cc43)cc2)cc1. The number of nitrogens with zero attached hydrogens (tertiary/aromatic N) is 2. The number of anilines is 5. The van der Waals surface area contributed by atoms with Crippen LogP contribution in [0.3, 0.4) is 0 Å². The minimum Gasteiger partial charge on any atom is -0.456 e. The van der Waals surface area contributed by atoms with Crippen molar-refractivity contribution in [3.05, 3.63) is 164 Å². The molecule has 0 radical (unpaired) electrons. The van der Waals surface area contributed by atoms with Crippen LogP contribution >= 0.6 is 11.8 Å². The van der Waals surface area contributed by atoms with Gasteiger partial charge in [-0.05, 0) is 86.9 Å². The predicted octanol–water partition coefficient (Wildman–Crippen LogP) is 11.6. The van der Waals surface area contributed by atoms with E-state index in [9.17, 15) is 0 Å². The van der Waals surface area contributed by atoms with Crippen molar-refractivity contribution in [2.75, 3.05) is 9.71 Å². The molecule has 0 atom stereocenters. The molecule has 0 aliphatic carbocycles. The summed E-state index contributed by atoms with van der Waals surface area (Å²) in [7, 11) is 0. The van der Waals surface area contributed by atoms with E-state index < -0.39 is 0 Å². The van der Waals surface area contributed by atoms with Gasteiger partial charge in [0.1, 0.15) is 11.2 Å². The zero-order valence-electron chi connectivity index (χ0n) is 27.4. The van der Waals surface area contributed by atoms with Crippen LogP contribution in [0.1, 0.15) is 0 Å². The lowest BCUT2D eigenvalue weighted by Gasteiger charge is -2.47. The monoisotopic (exact) mass is 666 g/mol. The van der Waals surface area contributed by atoms with E-state index in [4.69, 9.17) is 4.42 Å². The molecule has 9 aromatic rings. The van der Waals surface area contributed by atoms with Gasteiger partial charge in [-0.2, -0.15) is 0 Å². The molecule has 0 fully saturated rings. The summed E-state index contributed by atoms with van der Waals surface area (Å²) in [5.74, 6) is 0. The molecule has 51 heavy (non-hydrogen) atoms. The van der Waals surface area contributed by atoms with E-state index in [2.05, 4.69) is 174 Å². The summed E-state index contributed by atoms with van der Waals surface area (Å²) in [5, 5.41) is 4.79. The molecule has 4 heterocycles. The smallest absolute Gasteiger partial charge is 0.333 e. The molecule has 12 rings (SSSR count). The second kappa shape index (κ2) is 10.2. The van der Waals surface area contributed by atoms with Crippen LogP contribution in [0.5, 0.6) is 0 Å². The van der Waals surface area contributed by atoms with Gasteiger partial charge in [0.15, 0.2) is 0 Å². The topological polar surface area (TPSA) is 19.6 Å². The largest absolute Gasteiger partial charge is 0.456 e. The lowest BCUT2D eigenvalue weighted by Crippen LogP contribution is -2.62. The molecule has 0 bridgehead atoms. The lowest BCUT2D eigenvalue weighted by molar-refractivity contribution is 0.669. The molecule has 8 aromatic carbocycles. The summed E-state index contributed by atoms with van der Waals surface area (Å²) in [5.41, 5.74) is 15.4. The standard InChI is InChI=1S/C46H27BN2OS/c1-2-11-28(12-3-1)29-21-23-32(24-22-29)49-37-26-31-14-5-4-13-30(31)25-34(37)44-43-33-15-6-8-18-39(33)50-40(43)27-38-45(44)47(49)35-16-10-20-42-46(35)48(38)36-17-7-9-19-41(36)51-42/h1-27H. The molecule has 5 heteroatoms. The van der Waals surface area contributed by atoms with Crippen molar-refractivity contribution in [2.24, 2.45) is 0 Å². The van der Waals surface area contributed by atoms with Crippen molar-refractivity contribution in [2.45, 2.75) is 9.79 Å². The van der Waals surface area contributed by atoms with Gasteiger partial charge in [-0.15, -0.1) is 0 Å². The van der Waals surface area contributed by atoms with Gasteiger partial charge in [0.2, 0.25) is 0 Å². The van der Waals surface area contributed by atoms with E-state index in [-0.39, 0.29) is 6.85 Å². The summed E-state index contributed by atoms with van der Waals surface area (Å²) < 4.78 is 6.76. The van der Waals surface area contributed by atoms with E-state index in [1.165, 1.54) is 87.6 Å². The maximum atomic E-state index is 6.76. The highest BCUT2D eigenvalue weighted by Crippen LogP contribution is 2.56. The molecule has 236 valence electrons. The van der Waals surface area contributed by atoms with Gasteiger partial charge >= 0.3 is 6.85 Å². The van der Waals surface area contributed by atoms with Gasteiger partial charge in [-0.1, -0.05) is 121 Å². The Labute approximate surface area is 299 Å². The zero-order valence-corrected chi connectivity index (χ0v) is 28.2. The molecule has 1 aromatic heterocycles. The molecule has 0 spiro atoms. The maximum absolute atomic E-state index is 6.76. The van der Waals surface area contributed by atoms with Gasteiger partial charge < -0.3 is 14.1 Å². The third-order valence-corrected chi connectivity index (χ3v) is 12.1. The normalized spacial score (nSPS) is 13.7. The minimum absolute atomic E-state index is 0.0682. The summed E-state index contributed by atoms with van der Waals surface area (Å²) in [6.45, 7) is -0.0682. The molecular formula is C46H27BN2OS. The van der Waals surface area contributed by atoms with Crippen LogP contribution in [-0.4, -0.2) is 6.85 Å². The van der Waals surface area contributed by atoms with Gasteiger partial charge in [-0.3, -0.25) is 0 Å². The first-order valence-corrected chi connectivity index (χ1v) is 18.3. The summed E-state index contributed by atoms with van der Waals surface area (Å²) in [6, 6.07) is 59.9. The Morgan fingerprint density at radius 3 is 2.14 bits per heavy atom. The fraction of sp³-hybridized carbons (Fsp3) is 0. The number of rotatable bonds is 2. The van der Waals surface area contributed by atoms with Crippen LogP contribution < -0.4 is 20.6 Å². The molecule has 0 saturated carbocycles. The van der Waals surface area contributed by atoms with Gasteiger partial charge in [0.25, 0.3) is 0 Å². The summed E-state index contributed by atoms with van der Waals surface area (Å²) >= 11 is 1.87. The average Bonchev–Trinajstić information content (AvgIpc) is 3.57. The van der Waals surface area contributed by atoms with Crippen molar-refractivity contribution >= 4 is 90.7 Å². The van der Waals surface area contributed by atoms with E-state index >= 15 is 0 Å². The van der Waals surface area contributed by atoms with Crippen LogP contribution in [0.25, 0.3) is 55.0 Å². The van der Waals surface area contributed by atoms with Crippen LogP contribution in [-0.2, 0) is 0 Å². The van der Waals surface area contributed by atoms with Gasteiger partial charge in [0.05, 0.1) is 11.4 Å². The minimum atomic E-state index is -0.0682. The lowest BCUT2D eigenvalue weighted by atomic mass is 9.43. The maximum Gasteiger partial charge on any atom is 0.333 e. The highest BCUT2D eigenvalue weighted by molar-refractivity contribution is 7.99. The van der Waals surface area contributed by atoms with Crippen molar-refractivity contribution in [1.29, 1.82) is 0 Å². The van der Waals surface area contributed by atoms with Crippen LogP contribution in [0.4, 0.5) is 28.4 Å². The fourth-order valence-corrected chi connectivity index (χ4v) is 9.95. The highest BCUT2D eigenvalue weighted by atomic mass is 32.2. The number of benzene rings is 8. The van der Waals surface area contributed by atoms with Crippen molar-refractivity contribution in [3.63, 3.8) is 0 Å². The molecular weight excluding hydrogens is 639 g/mol. The number of para-hydroxylation sites is 3. The average molecular weight is 667 g/mol. The van der Waals surface area contributed by atoms with E-state index in [0.29, 0.717) is 0 Å². The molecule has 3 nitrogen and oxygen atoms in total. The van der Waals surface area contributed by atoms with E-state index in [0.717, 1.165) is 16.6 Å². The Balaban J connectivity index is 1.24. The molecule has 3 aliphatic heterocycles. The zero-order chi connectivity index (χ0) is 33.2. The number of hydrogen-bond acceptors (Lipinski definition) is 4. The van der Waals surface area contributed by atoms with Crippen LogP contribution in [0, 0.1) is 0 Å². The third-order valence-electron chi connectivity index (χ3n) is 11.0. The van der Waals surface area contributed by atoms with Gasteiger partial charge in [-0.25, -0.2) is 0 Å². The first-order valence-electron chi connectivity index (χ1n) is 17.5. The van der Waals surface area contributed by atoms with E-state index in [1.807, 2.05) is 11.8 Å². The Kier molecular flexibility index (Phi) is 5.52. The second-order valence-electron chi connectivity index (χ2n) is 13.7. The second-order valence-corrected chi connectivity index (χ2v) is 14.7. The quantitative estimate of drug-likeness (QED) is 0.171. The van der Waals surface area contributed by atoms with Gasteiger partial charge in [0, 0.05) is 49.3 Å². The Hall–Kier alpha value is -6.17. The molecule has 0 N–H and O–H groups in total. The number of fused-ring (bicyclic) bond motifs is 11. The first kappa shape index (κ1) is 27.6. The third kappa shape index (κ3) is 3.76. The molecule has 0 amide bonds. The van der Waals surface area contributed by atoms with Crippen molar-refractivity contribution in [3.8, 4) is 22.3 Å². The Morgan fingerprint density at radius 1 is 0.529 bits per heavy atom. The molecule has 0 saturated heterocycles. The molecule has 3 aliphatic rings. The number of furan rings is 1. The van der Waals surface area contributed by atoms with Crippen molar-refractivity contribution < 1.29 is 4.42 Å². The number of hydrogen-bond donors (Lipinski definition) is 0. The highest BCUT2D eigenvalue weighted by Gasteiger charge is 2.48. The first-order chi connectivity index (χ1) is 25.3. The van der Waals surface area contributed by atoms with Crippen molar-refractivity contribution in [1.82, 2.24) is 0 Å². The predicted molar refractivity (Wildman–Crippen MR) is 215 cm³/mol. The summed E-state index contributed by atoms with van der Waals surface area (Å²) in [4.78, 5) is 7.65. The Bertz CT molecular complexity index is 2920. The fourth-order valence-electron chi connectivity index (χ4n) is 8.85. The van der Waals surface area contributed by atoms with E-state index in [1.54, 1.807) is 0 Å². The summed E-state index contributed by atoms with van der Waals surface area (Å²) in [6.07, 6.45) is 0. The van der Waals surface area contributed by atoms with Crippen LogP contribution in [0.15, 0.2) is 178 Å². The Morgan fingerprint density at radius 2 is 1.25 bits per heavy atom. The molecule has 0 unspecified atom stereocenters. The van der Waals surface area contributed by atoms with Crippen LogP contribution in [0.2, 0.25) is 0 Å².